The first-order valence-corrected chi connectivity index (χ1v) is 28.2. The molecule has 34 heteroatoms. The lowest BCUT2D eigenvalue weighted by molar-refractivity contribution is -0.277. The van der Waals surface area contributed by atoms with Gasteiger partial charge in [-0.25, -0.2) is 4.98 Å². The van der Waals surface area contributed by atoms with Crippen LogP contribution in [0.2, 0.25) is 0 Å². The van der Waals surface area contributed by atoms with Gasteiger partial charge in [0, 0.05) is 12.3 Å². The van der Waals surface area contributed by atoms with Crippen LogP contribution in [0.5, 0.6) is 5.75 Å². The van der Waals surface area contributed by atoms with E-state index >= 15 is 9.59 Å². The fourth-order valence-electron chi connectivity index (χ4n) is 11.0. The van der Waals surface area contributed by atoms with Crippen LogP contribution in [0.1, 0.15) is 24.0 Å². The highest BCUT2D eigenvalue weighted by Crippen LogP contribution is 2.35. The molecule has 3 saturated heterocycles. The summed E-state index contributed by atoms with van der Waals surface area (Å²) in [6.07, 6.45) is -22.0. The predicted octanol–water partition coefficient (Wildman–Crippen LogP) is -9.63. The molecule has 5 aliphatic heterocycles. The van der Waals surface area contributed by atoms with E-state index < -0.39 is 203 Å². The number of carbonyl (C=O) groups excluding carboxylic acids is 6. The third-order valence-electron chi connectivity index (χ3n) is 16.0. The second-order valence-electron chi connectivity index (χ2n) is 21.9. The number of para-hydroxylation sites is 1. The summed E-state index contributed by atoms with van der Waals surface area (Å²) in [5.74, 6) is -8.70. The van der Waals surface area contributed by atoms with Gasteiger partial charge in [-0.15, -0.1) is 0 Å². The number of hydrogen-bond acceptors (Lipinski definition) is 28. The van der Waals surface area contributed by atoms with Crippen molar-refractivity contribution in [3.63, 3.8) is 0 Å². The van der Waals surface area contributed by atoms with E-state index in [1.165, 1.54) is 24.3 Å². The zero-order chi connectivity index (χ0) is 64.1. The number of aliphatic hydroxyl groups is 11. The lowest BCUT2D eigenvalue weighted by atomic mass is 9.92. The number of guanidine groups is 2. The predicted molar refractivity (Wildman–Crippen MR) is 303 cm³/mol. The van der Waals surface area contributed by atoms with Crippen LogP contribution in [0.15, 0.2) is 87.2 Å². The van der Waals surface area contributed by atoms with Crippen LogP contribution in [-0.4, -0.2) is 269 Å². The summed E-state index contributed by atoms with van der Waals surface area (Å²) in [7, 11) is 0. The molecule has 6 heterocycles. The van der Waals surface area contributed by atoms with Crippen LogP contribution in [0.25, 0.3) is 22.6 Å². The van der Waals surface area contributed by atoms with Gasteiger partial charge < -0.3 is 128 Å². The maximum atomic E-state index is 15.2. The van der Waals surface area contributed by atoms with Crippen LogP contribution >= 0.6 is 0 Å². The van der Waals surface area contributed by atoms with E-state index in [-0.39, 0.29) is 46.4 Å². The van der Waals surface area contributed by atoms with Crippen molar-refractivity contribution >= 4 is 58.5 Å². The number of nitrogens with two attached hydrogens (primary N) is 2. The molecule has 20 atom stereocenters. The second kappa shape index (κ2) is 28.1. The molecule has 89 heavy (non-hydrogen) atoms. The summed E-state index contributed by atoms with van der Waals surface area (Å²) in [6.45, 7) is -2.87. The number of aliphatic hydroxyl groups excluding tert-OH is 11. The Bertz CT molecular complexity index is 3270. The summed E-state index contributed by atoms with van der Waals surface area (Å²) < 4.78 is 23.4. The SMILES string of the molecule is C[C@@H](c1ccccc1)[C@@H]1NC(=O)CNC(=O)[C@H](CO)NC(=O)[C@@H]([C@@H](O)[C@@H]2CN=C(N)N2[C@H]2O[C@H](CO)[C@@H](O)[C@H](O)[C@@H]2O)NC(=O)[C@H]([C@H](O)[C@@H]2CN=C(N)N2)NC(=O)[C@@H](Cc2ccc3nc(-c4ccccc4OC4O[C@H](CO)[C@@H](O)[C@H](O)[C@H]4O)oc3c2)NC1=O. The maximum Gasteiger partial charge on any atom is 0.246 e. The Morgan fingerprint density at radius 1 is 0.640 bits per heavy atom. The molecule has 1 unspecified atom stereocenters. The van der Waals surface area contributed by atoms with Gasteiger partial charge in [-0.1, -0.05) is 55.5 Å². The lowest BCUT2D eigenvalue weighted by Gasteiger charge is -2.46. The van der Waals surface area contributed by atoms with Crippen LogP contribution in [0.4, 0.5) is 0 Å². The van der Waals surface area contributed by atoms with Gasteiger partial charge in [0.05, 0.1) is 57.1 Å². The molecule has 1 aromatic heterocycles. The van der Waals surface area contributed by atoms with Crippen molar-refractivity contribution in [1.29, 1.82) is 0 Å². The van der Waals surface area contributed by atoms with E-state index in [0.717, 1.165) is 4.90 Å². The van der Waals surface area contributed by atoms with Crippen LogP contribution < -0.4 is 53.4 Å². The molecular formula is C55H71N13O21. The van der Waals surface area contributed by atoms with Crippen LogP contribution in [0.3, 0.4) is 0 Å². The first-order chi connectivity index (χ1) is 42.5. The number of nitrogens with one attached hydrogen (secondary N) is 7. The minimum absolute atomic E-state index is 0.0277. The number of nitrogens with zero attached hydrogens (tertiary/aromatic N) is 4. The van der Waals surface area contributed by atoms with E-state index in [2.05, 4.69) is 52.2 Å². The van der Waals surface area contributed by atoms with Crippen molar-refractivity contribution in [2.75, 3.05) is 39.5 Å². The standard InChI is InChI=1S/C55H71N13O21/c1-21(23-7-3-2-4-8-23)35-48(83)61-26(13-22-11-12-25-31(14-22)86-51(63-25)24-9-5-6-10-30(24)88-53-45(80)43(78)41(76)33(20-71)89-53)47(82)66-36(38(73)27-15-59-54(56)64-27)50(85)67-37(49(84)62-28(18-69)46(81)58-17-34(72)65-35)39(74)29-16-60-55(57)68(29)52-44(79)42(77)40(75)32(19-70)87-52/h2-12,14,21,26-29,32-33,35-45,52-53,69-71,73-80H,13,15-20H2,1H3,(H2,57,60)(H,58,81)(H,61,83)(H,62,84)(H,65,72)(H,66,82)(H,67,85)(H3,56,59,64)/t21-,26+,27-,28-,29-,32+,33+,35-,36-,37+,38+,39-,40+,41+,42-,43-,44-,45+,52-,53?/m0/s1. The molecule has 0 spiro atoms. The molecule has 5 aliphatic rings. The average Bonchev–Trinajstić information content (AvgIpc) is 2.36. The molecule has 0 saturated carbocycles. The summed E-state index contributed by atoms with van der Waals surface area (Å²) in [5, 5.41) is 136. The van der Waals surface area contributed by atoms with Crippen molar-refractivity contribution in [1.82, 2.24) is 47.1 Å². The average molecular weight is 1250 g/mol. The van der Waals surface area contributed by atoms with E-state index in [0.29, 0.717) is 5.56 Å². The van der Waals surface area contributed by atoms with Gasteiger partial charge in [-0.05, 0) is 35.4 Å². The van der Waals surface area contributed by atoms with Crippen molar-refractivity contribution in [3.05, 3.63) is 83.9 Å². The number of aliphatic imine (C=N–C) groups is 2. The molecule has 0 radical (unpaired) electrons. The highest BCUT2D eigenvalue weighted by Gasteiger charge is 2.53. The highest BCUT2D eigenvalue weighted by molar-refractivity contribution is 5.98. The minimum atomic E-state index is -2.32. The normalized spacial score (nSPS) is 32.9. The van der Waals surface area contributed by atoms with Gasteiger partial charge in [-0.2, -0.15) is 0 Å². The van der Waals surface area contributed by atoms with Crippen molar-refractivity contribution < 1.29 is 104 Å². The number of oxazole rings is 1. The van der Waals surface area contributed by atoms with Gasteiger partial charge in [0.1, 0.15) is 103 Å². The van der Waals surface area contributed by atoms with E-state index in [1.807, 2.05) is 0 Å². The number of amides is 6. The van der Waals surface area contributed by atoms with Gasteiger partial charge in [0.2, 0.25) is 47.6 Å². The summed E-state index contributed by atoms with van der Waals surface area (Å²) in [4.78, 5) is 101. The number of benzene rings is 3. The maximum absolute atomic E-state index is 15.2. The van der Waals surface area contributed by atoms with E-state index in [4.69, 9.17) is 30.1 Å². The van der Waals surface area contributed by atoms with Gasteiger partial charge >= 0.3 is 0 Å². The number of fused-ring (bicyclic) bond motifs is 1. The number of aromatic nitrogens is 1. The second-order valence-corrected chi connectivity index (χ2v) is 21.9. The Labute approximate surface area is 504 Å². The molecule has 482 valence electrons. The highest BCUT2D eigenvalue weighted by atomic mass is 16.7. The first-order valence-electron chi connectivity index (χ1n) is 28.2. The number of carbonyl (C=O) groups is 6. The zero-order valence-corrected chi connectivity index (χ0v) is 47.4. The topological polar surface area (TPSA) is 543 Å². The molecule has 6 amide bonds. The Balaban J connectivity index is 1.08. The Morgan fingerprint density at radius 2 is 1.27 bits per heavy atom. The van der Waals surface area contributed by atoms with E-state index in [9.17, 15) is 75.3 Å². The Kier molecular flexibility index (Phi) is 20.6. The summed E-state index contributed by atoms with van der Waals surface area (Å²) >= 11 is 0. The Hall–Kier alpha value is -8.23. The largest absolute Gasteiger partial charge is 0.461 e. The molecule has 34 nitrogen and oxygen atoms in total. The molecule has 9 rings (SSSR count). The minimum Gasteiger partial charge on any atom is -0.461 e. The van der Waals surface area contributed by atoms with Gasteiger partial charge in [0.15, 0.2) is 23.7 Å². The molecule has 4 aromatic rings. The van der Waals surface area contributed by atoms with Crippen molar-refractivity contribution in [2.45, 2.75) is 135 Å². The van der Waals surface area contributed by atoms with Gasteiger partial charge in [0.25, 0.3) is 0 Å². The monoisotopic (exact) mass is 1250 g/mol. The molecular weight excluding hydrogens is 1180 g/mol. The molecule has 0 aliphatic carbocycles. The van der Waals surface area contributed by atoms with Crippen molar-refractivity contribution in [3.8, 4) is 17.2 Å². The molecule has 3 aromatic carbocycles. The van der Waals surface area contributed by atoms with Crippen molar-refractivity contribution in [2.24, 2.45) is 21.5 Å². The quantitative estimate of drug-likeness (QED) is 0.0525. The molecule has 3 fully saturated rings. The summed E-state index contributed by atoms with van der Waals surface area (Å²) in [6, 6.07) is 6.47. The fourth-order valence-corrected chi connectivity index (χ4v) is 11.0. The van der Waals surface area contributed by atoms with Gasteiger partial charge in [-0.3, -0.25) is 38.8 Å². The molecule has 22 N–H and O–H groups in total. The molecule has 0 bridgehead atoms. The van der Waals surface area contributed by atoms with Crippen LogP contribution in [0, 0.1) is 0 Å². The van der Waals surface area contributed by atoms with E-state index in [1.54, 1.807) is 55.5 Å². The first kappa shape index (κ1) is 65.2. The Morgan fingerprint density at radius 3 is 1.96 bits per heavy atom. The zero-order valence-electron chi connectivity index (χ0n) is 47.4. The smallest absolute Gasteiger partial charge is 0.246 e. The van der Waals surface area contributed by atoms with Crippen LogP contribution in [-0.2, 0) is 44.7 Å². The summed E-state index contributed by atoms with van der Waals surface area (Å²) in [5.41, 5.74) is 13.5. The number of hydrogen-bond donors (Lipinski definition) is 20. The number of ether oxygens (including phenoxy) is 3. The third-order valence-corrected chi connectivity index (χ3v) is 16.0. The lowest BCUT2D eigenvalue weighted by Crippen LogP contribution is -2.70. The number of rotatable bonds is 15. The fraction of sp³-hybridized carbons (Fsp3) is 0.509. The third kappa shape index (κ3) is 14.1.